The molecule has 6 heteroatoms. The third-order valence-corrected chi connectivity index (χ3v) is 3.74. The van der Waals surface area contributed by atoms with Crippen LogP contribution >= 0.6 is 0 Å². The molecule has 1 saturated heterocycles. The zero-order valence-electron chi connectivity index (χ0n) is 10.6. The summed E-state index contributed by atoms with van der Waals surface area (Å²) in [5.74, 6) is 2.52. The fourth-order valence-corrected chi connectivity index (χ4v) is 2.38. The average molecular weight is 249 g/mol. The van der Waals surface area contributed by atoms with E-state index in [0.717, 1.165) is 38.2 Å². The Morgan fingerprint density at radius 2 is 2.00 bits per heavy atom. The van der Waals surface area contributed by atoms with Crippen molar-refractivity contribution in [1.82, 2.24) is 15.0 Å². The molecule has 0 amide bonds. The summed E-state index contributed by atoms with van der Waals surface area (Å²) in [5, 5.41) is 9.75. The number of rotatable bonds is 2. The number of aliphatic hydroxyl groups excluding tert-OH is 1. The predicted octanol–water partition coefficient (Wildman–Crippen LogP) is 0.538. The highest BCUT2D eigenvalue weighted by atomic mass is 16.3. The van der Waals surface area contributed by atoms with E-state index in [1.807, 2.05) is 6.92 Å². The van der Waals surface area contributed by atoms with Crippen LogP contribution in [0.25, 0.3) is 0 Å². The van der Waals surface area contributed by atoms with Crippen LogP contribution in [0.1, 0.15) is 37.9 Å². The molecule has 1 aromatic rings. The van der Waals surface area contributed by atoms with Crippen molar-refractivity contribution in [1.29, 1.82) is 0 Å². The molecule has 3 N–H and O–H groups in total. The Kier molecular flexibility index (Phi) is 2.81. The molecule has 18 heavy (non-hydrogen) atoms. The maximum Gasteiger partial charge on any atom is 0.230 e. The number of nitrogen functional groups attached to an aromatic ring is 1. The second kappa shape index (κ2) is 4.35. The molecule has 0 aromatic carbocycles. The number of aliphatic hydroxyl groups is 1. The van der Waals surface area contributed by atoms with Crippen molar-refractivity contribution in [2.75, 3.05) is 23.7 Å². The van der Waals surface area contributed by atoms with Crippen LogP contribution in [0.4, 0.5) is 11.9 Å². The molecule has 0 spiro atoms. The average Bonchev–Trinajstić information content (AvgIpc) is 3.16. The second-order valence-electron chi connectivity index (χ2n) is 5.41. The summed E-state index contributed by atoms with van der Waals surface area (Å²) in [6.45, 7) is 3.59. The quantitative estimate of drug-likeness (QED) is 0.795. The first-order valence-corrected chi connectivity index (χ1v) is 6.58. The summed E-state index contributed by atoms with van der Waals surface area (Å²) in [5.41, 5.74) is 5.76. The summed E-state index contributed by atoms with van der Waals surface area (Å²) in [6.07, 6.45) is 2.84. The molecule has 3 rings (SSSR count). The second-order valence-corrected chi connectivity index (χ2v) is 5.41. The van der Waals surface area contributed by atoms with Gasteiger partial charge in [-0.25, -0.2) is 0 Å². The Labute approximate surface area is 106 Å². The monoisotopic (exact) mass is 249 g/mol. The number of nitrogens with zero attached hydrogens (tertiary/aromatic N) is 4. The molecule has 0 bridgehead atoms. The molecular weight excluding hydrogens is 230 g/mol. The third-order valence-electron chi connectivity index (χ3n) is 3.74. The highest BCUT2D eigenvalue weighted by molar-refractivity contribution is 5.36. The Morgan fingerprint density at radius 3 is 2.67 bits per heavy atom. The van der Waals surface area contributed by atoms with E-state index in [2.05, 4.69) is 19.9 Å². The number of nitrogens with two attached hydrogens (primary N) is 1. The van der Waals surface area contributed by atoms with Crippen LogP contribution in [0.5, 0.6) is 0 Å². The van der Waals surface area contributed by atoms with Crippen LogP contribution < -0.4 is 10.6 Å². The summed E-state index contributed by atoms with van der Waals surface area (Å²) >= 11 is 0. The minimum absolute atomic E-state index is 0.219. The van der Waals surface area contributed by atoms with Crippen molar-refractivity contribution >= 4 is 11.9 Å². The van der Waals surface area contributed by atoms with Crippen LogP contribution in [0, 0.1) is 5.92 Å². The number of hydrogen-bond donors (Lipinski definition) is 2. The van der Waals surface area contributed by atoms with E-state index in [1.54, 1.807) is 0 Å². The Morgan fingerprint density at radius 1 is 1.22 bits per heavy atom. The van der Waals surface area contributed by atoms with Gasteiger partial charge in [-0.1, -0.05) is 6.92 Å². The minimum atomic E-state index is -0.219. The van der Waals surface area contributed by atoms with Crippen LogP contribution in [-0.4, -0.2) is 39.3 Å². The van der Waals surface area contributed by atoms with Crippen molar-refractivity contribution in [3.63, 3.8) is 0 Å². The molecule has 2 unspecified atom stereocenters. The van der Waals surface area contributed by atoms with Crippen molar-refractivity contribution in [3.05, 3.63) is 5.82 Å². The number of aromatic nitrogens is 3. The lowest BCUT2D eigenvalue weighted by Gasteiger charge is -2.34. The van der Waals surface area contributed by atoms with Crippen LogP contribution in [0.15, 0.2) is 0 Å². The van der Waals surface area contributed by atoms with Crippen LogP contribution in [0.2, 0.25) is 0 Å². The molecule has 0 radical (unpaired) electrons. The first-order valence-electron chi connectivity index (χ1n) is 6.58. The number of anilines is 2. The Hall–Kier alpha value is -1.43. The van der Waals surface area contributed by atoms with Crippen molar-refractivity contribution in [2.45, 2.75) is 38.2 Å². The molecule has 98 valence electrons. The maximum atomic E-state index is 9.75. The molecule has 1 saturated carbocycles. The zero-order valence-corrected chi connectivity index (χ0v) is 10.6. The summed E-state index contributed by atoms with van der Waals surface area (Å²) in [7, 11) is 0. The largest absolute Gasteiger partial charge is 0.393 e. The lowest BCUT2D eigenvalue weighted by molar-refractivity contribution is 0.0966. The molecule has 1 aliphatic heterocycles. The van der Waals surface area contributed by atoms with Crippen molar-refractivity contribution in [2.24, 2.45) is 5.92 Å². The van der Waals surface area contributed by atoms with Gasteiger partial charge in [0.2, 0.25) is 11.9 Å². The van der Waals surface area contributed by atoms with Gasteiger partial charge < -0.3 is 15.7 Å². The van der Waals surface area contributed by atoms with Crippen LogP contribution in [0.3, 0.4) is 0 Å². The zero-order chi connectivity index (χ0) is 12.7. The summed E-state index contributed by atoms with van der Waals surface area (Å²) in [6, 6.07) is 0. The number of piperidine rings is 1. The molecule has 1 aromatic heterocycles. The van der Waals surface area contributed by atoms with Gasteiger partial charge in [-0.2, -0.15) is 15.0 Å². The maximum absolute atomic E-state index is 9.75. The third kappa shape index (κ3) is 2.25. The van der Waals surface area contributed by atoms with Gasteiger partial charge in [-0.15, -0.1) is 0 Å². The fraction of sp³-hybridized carbons (Fsp3) is 0.750. The van der Waals surface area contributed by atoms with Gasteiger partial charge in [0, 0.05) is 19.0 Å². The Balaban J connectivity index is 1.82. The van der Waals surface area contributed by atoms with E-state index < -0.39 is 0 Å². The van der Waals surface area contributed by atoms with E-state index in [9.17, 15) is 5.11 Å². The summed E-state index contributed by atoms with van der Waals surface area (Å²) in [4.78, 5) is 15.1. The van der Waals surface area contributed by atoms with Gasteiger partial charge in [-0.05, 0) is 25.2 Å². The SMILES string of the molecule is CC1CN(c2nc(N)nc(C3CC3)n2)CCC1O. The lowest BCUT2D eigenvalue weighted by Crippen LogP contribution is -2.42. The molecule has 2 fully saturated rings. The molecule has 6 nitrogen and oxygen atoms in total. The van der Waals surface area contributed by atoms with E-state index in [-0.39, 0.29) is 12.0 Å². The van der Waals surface area contributed by atoms with E-state index >= 15 is 0 Å². The standard InChI is InChI=1S/C12H19N5O/c1-7-6-17(5-4-9(7)18)12-15-10(8-2-3-8)14-11(13)16-12/h7-9,18H,2-6H2,1H3,(H2,13,14,15,16). The first-order chi connectivity index (χ1) is 8.63. The highest BCUT2D eigenvalue weighted by Crippen LogP contribution is 2.38. The van der Waals surface area contributed by atoms with Gasteiger partial charge in [0.25, 0.3) is 0 Å². The number of hydrogen-bond acceptors (Lipinski definition) is 6. The smallest absolute Gasteiger partial charge is 0.230 e. The normalized spacial score (nSPS) is 28.4. The molecule has 2 aliphatic rings. The topological polar surface area (TPSA) is 88.2 Å². The van der Waals surface area contributed by atoms with Gasteiger partial charge in [-0.3, -0.25) is 0 Å². The molecule has 1 aliphatic carbocycles. The summed E-state index contributed by atoms with van der Waals surface area (Å²) < 4.78 is 0. The van der Waals surface area contributed by atoms with Gasteiger partial charge >= 0.3 is 0 Å². The van der Waals surface area contributed by atoms with E-state index in [4.69, 9.17) is 5.73 Å². The fourth-order valence-electron chi connectivity index (χ4n) is 2.38. The van der Waals surface area contributed by atoms with Crippen molar-refractivity contribution in [3.8, 4) is 0 Å². The van der Waals surface area contributed by atoms with Gasteiger partial charge in [0.1, 0.15) is 5.82 Å². The van der Waals surface area contributed by atoms with Gasteiger partial charge in [0.05, 0.1) is 6.10 Å². The molecule has 2 atom stereocenters. The minimum Gasteiger partial charge on any atom is -0.393 e. The molecule has 2 heterocycles. The lowest BCUT2D eigenvalue weighted by atomic mass is 9.97. The highest BCUT2D eigenvalue weighted by Gasteiger charge is 2.30. The van der Waals surface area contributed by atoms with E-state index in [0.29, 0.717) is 17.8 Å². The Bertz CT molecular complexity index is 448. The van der Waals surface area contributed by atoms with E-state index in [1.165, 1.54) is 0 Å². The predicted molar refractivity (Wildman–Crippen MR) is 68.2 cm³/mol. The van der Waals surface area contributed by atoms with Gasteiger partial charge in [0.15, 0.2) is 0 Å². The van der Waals surface area contributed by atoms with Crippen molar-refractivity contribution < 1.29 is 5.11 Å². The molecular formula is C12H19N5O. The first kappa shape index (κ1) is 11.6. The van der Waals surface area contributed by atoms with Crippen LogP contribution in [-0.2, 0) is 0 Å².